The lowest BCUT2D eigenvalue weighted by Gasteiger charge is -2.35. The topological polar surface area (TPSA) is 17.1 Å². The molecule has 0 unspecified atom stereocenters. The fourth-order valence-electron chi connectivity index (χ4n) is 2.07. The molecule has 0 amide bonds. The van der Waals surface area contributed by atoms with Crippen molar-refractivity contribution in [3.63, 3.8) is 0 Å². The van der Waals surface area contributed by atoms with Crippen LogP contribution in [-0.2, 0) is 4.79 Å². The maximum absolute atomic E-state index is 11.6. The Morgan fingerprint density at radius 1 is 0.944 bits per heavy atom. The molecule has 0 saturated heterocycles. The van der Waals surface area contributed by atoms with Gasteiger partial charge in [0.05, 0.1) is 6.16 Å². The van der Waals surface area contributed by atoms with Crippen LogP contribution in [0.1, 0.15) is 6.92 Å². The highest BCUT2D eigenvalue weighted by atomic mass is 31.2. The van der Waals surface area contributed by atoms with E-state index in [0.29, 0.717) is 6.16 Å². The summed E-state index contributed by atoms with van der Waals surface area (Å²) < 4.78 is 0. The third-order valence-corrected chi connectivity index (χ3v) is 6.29. The maximum Gasteiger partial charge on any atom is 0.162 e. The summed E-state index contributed by atoms with van der Waals surface area (Å²) in [7, 11) is 4.55. The van der Waals surface area contributed by atoms with Gasteiger partial charge in [-0.3, -0.25) is 12.4 Å². The zero-order valence-corrected chi connectivity index (χ0v) is 11.3. The summed E-state index contributed by atoms with van der Waals surface area (Å²) in [6.07, 6.45) is 0.418. The Morgan fingerprint density at radius 3 is 1.67 bits per heavy atom. The molecular weight excluding hydrogens is 238 g/mol. The van der Waals surface area contributed by atoms with Gasteiger partial charge in [-0.1, -0.05) is 36.4 Å². The van der Waals surface area contributed by atoms with Crippen LogP contribution in [0.4, 0.5) is 0 Å². The van der Waals surface area contributed by atoms with Crippen LogP contribution in [-0.4, -0.2) is 19.5 Å². The van der Waals surface area contributed by atoms with Gasteiger partial charge in [0, 0.05) is 10.6 Å². The number of benzene rings is 2. The molecule has 2 rings (SSSR count). The summed E-state index contributed by atoms with van der Waals surface area (Å²) >= 11 is 0. The predicted molar refractivity (Wildman–Crippen MR) is 80.4 cm³/mol. The van der Waals surface area contributed by atoms with Crippen molar-refractivity contribution in [3.05, 3.63) is 60.7 Å². The quantitative estimate of drug-likeness (QED) is 0.603. The maximum atomic E-state index is 11.6. The average molecular weight is 253 g/mol. The van der Waals surface area contributed by atoms with Gasteiger partial charge in [-0.05, 0) is 31.2 Å². The van der Waals surface area contributed by atoms with Crippen LogP contribution < -0.4 is 10.6 Å². The SMILES string of the molecule is [B-][P+](CC(C)=O)(c1ccccc1)c1ccccc1. The van der Waals surface area contributed by atoms with E-state index in [1.807, 2.05) is 60.7 Å². The molecule has 0 aliphatic carbocycles. The number of Topliss-reactive ketones (excluding diaryl/α,β-unsaturated/α-hetero) is 1. The smallest absolute Gasteiger partial charge is 0.162 e. The van der Waals surface area contributed by atoms with Gasteiger partial charge in [-0.15, -0.1) is 0 Å². The standard InChI is InChI=1S/C15H15BOP/c1-13(17)12-18(16,14-8-4-2-5-9-14)15-10-6-3-7-11-15/h2-11H,12H2,1H3. The van der Waals surface area contributed by atoms with Crippen molar-refractivity contribution in [1.82, 2.24) is 0 Å². The number of ketones is 1. The summed E-state index contributed by atoms with van der Waals surface area (Å²) in [5.41, 5.74) is 0. The molecule has 0 aromatic heterocycles. The normalized spacial score (nSPS) is 11.2. The van der Waals surface area contributed by atoms with E-state index in [2.05, 4.69) is 0 Å². The Kier molecular flexibility index (Phi) is 3.99. The highest BCUT2D eigenvalue weighted by Gasteiger charge is 2.25. The zero-order chi connectivity index (χ0) is 13.0. The third-order valence-electron chi connectivity index (χ3n) is 2.91. The van der Waals surface area contributed by atoms with Gasteiger partial charge in [0.15, 0.2) is 5.78 Å². The third kappa shape index (κ3) is 2.71. The van der Waals surface area contributed by atoms with E-state index in [0.717, 1.165) is 10.6 Å². The van der Waals surface area contributed by atoms with Crippen LogP contribution >= 0.6 is 7.14 Å². The lowest BCUT2D eigenvalue weighted by molar-refractivity contribution is -0.114. The van der Waals surface area contributed by atoms with E-state index < -0.39 is 7.14 Å². The molecular formula is C15H15BOP. The molecule has 1 nitrogen and oxygen atoms in total. The number of hydrogen-bond donors (Lipinski definition) is 0. The second-order valence-corrected chi connectivity index (χ2v) is 7.49. The molecule has 3 radical (unpaired) electrons. The molecule has 18 heavy (non-hydrogen) atoms. The van der Waals surface area contributed by atoms with Crippen LogP contribution in [0.15, 0.2) is 60.7 Å². The van der Waals surface area contributed by atoms with E-state index in [1.54, 1.807) is 6.92 Å². The monoisotopic (exact) mass is 253 g/mol. The molecule has 0 atom stereocenters. The number of rotatable bonds is 4. The van der Waals surface area contributed by atoms with Crippen molar-refractivity contribution in [2.24, 2.45) is 0 Å². The molecule has 0 aliphatic rings. The van der Waals surface area contributed by atoms with Crippen molar-refractivity contribution in [3.8, 4) is 0 Å². The van der Waals surface area contributed by atoms with E-state index in [1.165, 1.54) is 0 Å². The fraction of sp³-hybridized carbons (Fsp3) is 0.133. The van der Waals surface area contributed by atoms with Gasteiger partial charge < -0.3 is 0 Å². The first-order valence-corrected chi connectivity index (χ1v) is 7.94. The minimum atomic E-state index is -2.08. The summed E-state index contributed by atoms with van der Waals surface area (Å²) in [5, 5.41) is 2.15. The van der Waals surface area contributed by atoms with Gasteiger partial charge in [-0.25, -0.2) is 0 Å². The molecule has 0 spiro atoms. The molecule has 0 heterocycles. The second kappa shape index (κ2) is 5.50. The number of carbonyl (C=O) groups excluding carboxylic acids is 1. The molecule has 0 N–H and O–H groups in total. The molecule has 3 heteroatoms. The summed E-state index contributed by atoms with van der Waals surface area (Å²) in [6.45, 7) is 1.60. The molecule has 89 valence electrons. The summed E-state index contributed by atoms with van der Waals surface area (Å²) in [6, 6.07) is 19.9. The van der Waals surface area contributed by atoms with Crippen LogP contribution in [0.5, 0.6) is 0 Å². The average Bonchev–Trinajstić information content (AvgIpc) is 2.40. The van der Waals surface area contributed by atoms with E-state index >= 15 is 0 Å². The van der Waals surface area contributed by atoms with Gasteiger partial charge in [0.25, 0.3) is 0 Å². The van der Waals surface area contributed by atoms with Gasteiger partial charge >= 0.3 is 0 Å². The first kappa shape index (κ1) is 13.0. The van der Waals surface area contributed by atoms with Crippen molar-refractivity contribution in [1.29, 1.82) is 0 Å². The number of hydrogen-bond acceptors (Lipinski definition) is 1. The highest BCUT2D eigenvalue weighted by Crippen LogP contribution is 2.51. The van der Waals surface area contributed by atoms with E-state index in [4.69, 9.17) is 7.57 Å². The second-order valence-electron chi connectivity index (χ2n) is 4.40. The lowest BCUT2D eigenvalue weighted by Crippen LogP contribution is -2.27. The van der Waals surface area contributed by atoms with Crippen LogP contribution in [0.2, 0.25) is 0 Å². The van der Waals surface area contributed by atoms with Crippen LogP contribution in [0, 0.1) is 0 Å². The van der Waals surface area contributed by atoms with Crippen molar-refractivity contribution < 1.29 is 4.79 Å². The van der Waals surface area contributed by atoms with Gasteiger partial charge in [0.1, 0.15) is 0 Å². The Morgan fingerprint density at radius 2 is 1.33 bits per heavy atom. The predicted octanol–water partition coefficient (Wildman–Crippen LogP) is 2.33. The van der Waals surface area contributed by atoms with Gasteiger partial charge in [0.2, 0.25) is 0 Å². The molecule has 2 aromatic rings. The van der Waals surface area contributed by atoms with Crippen molar-refractivity contribution >= 4 is 31.1 Å². The Bertz CT molecular complexity index is 485. The van der Waals surface area contributed by atoms with E-state index in [9.17, 15) is 4.79 Å². The molecule has 2 aromatic carbocycles. The Labute approximate surface area is 110 Å². The van der Waals surface area contributed by atoms with Crippen LogP contribution in [0.3, 0.4) is 0 Å². The minimum Gasteiger partial charge on any atom is -0.296 e. The first-order valence-electron chi connectivity index (χ1n) is 5.90. The van der Waals surface area contributed by atoms with Crippen LogP contribution in [0.25, 0.3) is 0 Å². The van der Waals surface area contributed by atoms with Crippen molar-refractivity contribution in [2.75, 3.05) is 6.16 Å². The summed E-state index contributed by atoms with van der Waals surface area (Å²) in [5.74, 6) is 0.138. The van der Waals surface area contributed by atoms with Crippen molar-refractivity contribution in [2.45, 2.75) is 6.92 Å². The Hall–Kier alpha value is -1.40. The fourth-order valence-corrected chi connectivity index (χ4v) is 4.84. The van der Waals surface area contributed by atoms with E-state index in [-0.39, 0.29) is 5.78 Å². The first-order chi connectivity index (χ1) is 8.63. The molecule has 0 saturated carbocycles. The summed E-state index contributed by atoms with van der Waals surface area (Å²) in [4.78, 5) is 11.6. The zero-order valence-electron chi connectivity index (χ0n) is 10.4. The highest BCUT2D eigenvalue weighted by molar-refractivity contribution is 8.09. The molecule has 0 fully saturated rings. The van der Waals surface area contributed by atoms with Gasteiger partial charge in [-0.2, -0.15) is 7.14 Å². The molecule has 0 aliphatic heterocycles. The minimum absolute atomic E-state index is 0.138. The lowest BCUT2D eigenvalue weighted by atomic mass is 10.4. The largest absolute Gasteiger partial charge is 0.296 e. The molecule has 0 bridgehead atoms. The number of carbonyl (C=O) groups is 1. The Balaban J connectivity index is 2.51.